The van der Waals surface area contributed by atoms with Crippen molar-refractivity contribution < 1.29 is 13.6 Å². The van der Waals surface area contributed by atoms with Gasteiger partial charge in [0, 0.05) is 11.6 Å². The predicted molar refractivity (Wildman–Crippen MR) is 48.0 cm³/mol. The first-order chi connectivity index (χ1) is 6.68. The summed E-state index contributed by atoms with van der Waals surface area (Å²) in [4.78, 5) is 10.9. The molecule has 14 heavy (non-hydrogen) atoms. The van der Waals surface area contributed by atoms with Crippen molar-refractivity contribution >= 4 is 6.29 Å². The van der Waals surface area contributed by atoms with Gasteiger partial charge in [-0.15, -0.1) is 0 Å². The zero-order chi connectivity index (χ0) is 10.2. The van der Waals surface area contributed by atoms with Crippen LogP contribution in [0, 0.1) is 11.6 Å². The van der Waals surface area contributed by atoms with E-state index in [1.165, 1.54) is 12.1 Å². The summed E-state index contributed by atoms with van der Waals surface area (Å²) in [6.45, 7) is 0. The molecule has 0 heterocycles. The summed E-state index contributed by atoms with van der Waals surface area (Å²) in [6.07, 6.45) is 3.04. The molecule has 0 N–H and O–H groups in total. The lowest BCUT2D eigenvalue weighted by atomic mass is 9.65. The monoisotopic (exact) mass is 196 g/mol. The first-order valence-electron chi connectivity index (χ1n) is 4.60. The highest BCUT2D eigenvalue weighted by Crippen LogP contribution is 2.42. The van der Waals surface area contributed by atoms with E-state index in [0.717, 1.165) is 18.8 Å². The molecule has 0 bridgehead atoms. The first kappa shape index (κ1) is 9.31. The SMILES string of the molecule is O=CC1(c2ccc(F)cc2F)CCC1. The molecule has 1 aliphatic rings. The Balaban J connectivity index is 2.45. The average Bonchev–Trinajstić information content (AvgIpc) is 2.07. The van der Waals surface area contributed by atoms with Crippen molar-refractivity contribution in [2.45, 2.75) is 24.7 Å². The number of carbonyl (C=O) groups is 1. The molecule has 0 aliphatic heterocycles. The average molecular weight is 196 g/mol. The maximum atomic E-state index is 13.4. The molecule has 0 aromatic heterocycles. The van der Waals surface area contributed by atoms with Crippen molar-refractivity contribution in [1.29, 1.82) is 0 Å². The molecule has 1 nitrogen and oxygen atoms in total. The number of hydrogen-bond acceptors (Lipinski definition) is 1. The fourth-order valence-electron chi connectivity index (χ4n) is 1.90. The Kier molecular flexibility index (Phi) is 2.10. The van der Waals surface area contributed by atoms with Gasteiger partial charge in [0.15, 0.2) is 0 Å². The zero-order valence-electron chi connectivity index (χ0n) is 7.59. The Morgan fingerprint density at radius 1 is 1.29 bits per heavy atom. The fourth-order valence-corrected chi connectivity index (χ4v) is 1.90. The van der Waals surface area contributed by atoms with Gasteiger partial charge in [0.25, 0.3) is 0 Å². The summed E-state index contributed by atoms with van der Waals surface area (Å²) in [5.41, 5.74) is -0.349. The Bertz CT molecular complexity index is 370. The molecule has 74 valence electrons. The zero-order valence-corrected chi connectivity index (χ0v) is 7.59. The van der Waals surface area contributed by atoms with E-state index in [2.05, 4.69) is 0 Å². The Morgan fingerprint density at radius 2 is 2.00 bits per heavy atom. The molecule has 0 atom stereocenters. The van der Waals surface area contributed by atoms with Gasteiger partial charge in [-0.1, -0.05) is 12.5 Å². The maximum absolute atomic E-state index is 13.4. The Labute approximate surface area is 80.7 Å². The van der Waals surface area contributed by atoms with Gasteiger partial charge in [-0.2, -0.15) is 0 Å². The van der Waals surface area contributed by atoms with Crippen LogP contribution in [0.1, 0.15) is 24.8 Å². The molecule has 0 spiro atoms. The highest BCUT2D eigenvalue weighted by molar-refractivity contribution is 5.70. The molecule has 1 saturated carbocycles. The molecule has 1 fully saturated rings. The van der Waals surface area contributed by atoms with Crippen LogP contribution in [0.3, 0.4) is 0 Å². The van der Waals surface area contributed by atoms with Gasteiger partial charge >= 0.3 is 0 Å². The van der Waals surface area contributed by atoms with E-state index < -0.39 is 17.0 Å². The standard InChI is InChI=1S/C11H10F2O/c12-8-2-3-9(10(13)6-8)11(7-14)4-1-5-11/h2-3,6-7H,1,4-5H2. The minimum atomic E-state index is -0.683. The van der Waals surface area contributed by atoms with E-state index in [1.54, 1.807) is 0 Å². The van der Waals surface area contributed by atoms with Crippen LogP contribution >= 0.6 is 0 Å². The molecule has 1 aromatic carbocycles. The van der Waals surface area contributed by atoms with E-state index in [1.807, 2.05) is 0 Å². The van der Waals surface area contributed by atoms with Crippen LogP contribution in [-0.4, -0.2) is 6.29 Å². The summed E-state index contributed by atoms with van der Waals surface area (Å²) in [6, 6.07) is 3.40. The third-order valence-corrected chi connectivity index (χ3v) is 2.94. The molecule has 1 aliphatic carbocycles. The Morgan fingerprint density at radius 3 is 2.43 bits per heavy atom. The van der Waals surface area contributed by atoms with Crippen molar-refractivity contribution in [2.75, 3.05) is 0 Å². The van der Waals surface area contributed by atoms with E-state index >= 15 is 0 Å². The van der Waals surface area contributed by atoms with Gasteiger partial charge < -0.3 is 4.79 Å². The van der Waals surface area contributed by atoms with E-state index in [9.17, 15) is 13.6 Å². The first-order valence-corrected chi connectivity index (χ1v) is 4.60. The highest BCUT2D eigenvalue weighted by atomic mass is 19.1. The second kappa shape index (κ2) is 3.15. The van der Waals surface area contributed by atoms with Crippen LogP contribution in [0.25, 0.3) is 0 Å². The molecule has 0 saturated heterocycles. The lowest BCUT2D eigenvalue weighted by Gasteiger charge is -2.37. The van der Waals surface area contributed by atoms with E-state index in [0.29, 0.717) is 18.4 Å². The second-order valence-corrected chi connectivity index (χ2v) is 3.75. The number of aldehydes is 1. The van der Waals surface area contributed by atoms with Crippen LogP contribution in [0.15, 0.2) is 18.2 Å². The van der Waals surface area contributed by atoms with Crippen LogP contribution in [0.2, 0.25) is 0 Å². The predicted octanol–water partition coefficient (Wildman–Crippen LogP) is 2.59. The highest BCUT2D eigenvalue weighted by Gasteiger charge is 2.40. The topological polar surface area (TPSA) is 17.1 Å². The third-order valence-electron chi connectivity index (χ3n) is 2.94. The molecule has 0 radical (unpaired) electrons. The van der Waals surface area contributed by atoms with Crippen LogP contribution in [-0.2, 0) is 10.2 Å². The van der Waals surface area contributed by atoms with Crippen molar-refractivity contribution in [1.82, 2.24) is 0 Å². The maximum Gasteiger partial charge on any atom is 0.130 e. The van der Waals surface area contributed by atoms with Crippen LogP contribution in [0.4, 0.5) is 8.78 Å². The smallest absolute Gasteiger partial charge is 0.130 e. The van der Waals surface area contributed by atoms with Crippen molar-refractivity contribution in [3.05, 3.63) is 35.4 Å². The number of hydrogen-bond donors (Lipinski definition) is 0. The molecular formula is C11H10F2O. The largest absolute Gasteiger partial charge is 0.302 e. The minimum absolute atomic E-state index is 0.333. The van der Waals surface area contributed by atoms with Gasteiger partial charge in [0.2, 0.25) is 0 Å². The second-order valence-electron chi connectivity index (χ2n) is 3.75. The van der Waals surface area contributed by atoms with Gasteiger partial charge in [-0.25, -0.2) is 8.78 Å². The molecule has 3 heteroatoms. The van der Waals surface area contributed by atoms with Crippen molar-refractivity contribution in [3.63, 3.8) is 0 Å². The van der Waals surface area contributed by atoms with E-state index in [-0.39, 0.29) is 0 Å². The summed E-state index contributed by atoms with van der Waals surface area (Å²) in [5, 5.41) is 0. The third kappa shape index (κ3) is 1.24. The normalized spacial score (nSPS) is 18.7. The lowest BCUT2D eigenvalue weighted by Crippen LogP contribution is -2.36. The number of carbonyl (C=O) groups excluding carboxylic acids is 1. The lowest BCUT2D eigenvalue weighted by molar-refractivity contribution is -0.115. The molecule has 1 aromatic rings. The van der Waals surface area contributed by atoms with E-state index in [4.69, 9.17) is 0 Å². The molecule has 2 rings (SSSR count). The molecule has 0 unspecified atom stereocenters. The van der Waals surface area contributed by atoms with Crippen LogP contribution in [0.5, 0.6) is 0 Å². The summed E-state index contributed by atoms with van der Waals surface area (Å²) < 4.78 is 26.0. The summed E-state index contributed by atoms with van der Waals surface area (Å²) in [5.74, 6) is -1.22. The number of halogens is 2. The summed E-state index contributed by atoms with van der Waals surface area (Å²) in [7, 11) is 0. The Hall–Kier alpha value is -1.25. The number of rotatable bonds is 2. The fraction of sp³-hybridized carbons (Fsp3) is 0.364. The van der Waals surface area contributed by atoms with Crippen molar-refractivity contribution in [2.24, 2.45) is 0 Å². The summed E-state index contributed by atoms with van der Waals surface area (Å²) >= 11 is 0. The van der Waals surface area contributed by atoms with Crippen LogP contribution < -0.4 is 0 Å². The van der Waals surface area contributed by atoms with Crippen molar-refractivity contribution in [3.8, 4) is 0 Å². The minimum Gasteiger partial charge on any atom is -0.302 e. The van der Waals surface area contributed by atoms with Gasteiger partial charge in [-0.3, -0.25) is 0 Å². The van der Waals surface area contributed by atoms with Gasteiger partial charge in [0.05, 0.1) is 5.41 Å². The van der Waals surface area contributed by atoms with Gasteiger partial charge in [-0.05, 0) is 18.9 Å². The quantitative estimate of drug-likeness (QED) is 0.664. The van der Waals surface area contributed by atoms with Gasteiger partial charge in [0.1, 0.15) is 17.9 Å². The molecule has 0 amide bonds. The number of benzene rings is 1. The molecular weight excluding hydrogens is 186 g/mol.